The van der Waals surface area contributed by atoms with Crippen molar-refractivity contribution in [2.24, 2.45) is 0 Å². The summed E-state index contributed by atoms with van der Waals surface area (Å²) in [7, 11) is -1.73. The number of sulfonamides is 1. The van der Waals surface area contributed by atoms with Crippen LogP contribution in [0.1, 0.15) is 5.56 Å². The summed E-state index contributed by atoms with van der Waals surface area (Å²) >= 11 is 0. The molecule has 0 amide bonds. The Labute approximate surface area is 122 Å². The van der Waals surface area contributed by atoms with E-state index in [9.17, 15) is 34.8 Å². The van der Waals surface area contributed by atoms with E-state index in [2.05, 4.69) is 0 Å². The van der Waals surface area contributed by atoms with E-state index in [0.29, 0.717) is 12.1 Å². The SMILES string of the molecule is CN(C)S(=O)(=O)c1ccc(C(O)(C(F)(F)F)C(F)(F)F)cc1. The number of rotatable bonds is 3. The van der Waals surface area contributed by atoms with Crippen molar-refractivity contribution in [1.29, 1.82) is 0 Å². The van der Waals surface area contributed by atoms with Crippen molar-refractivity contribution in [3.63, 3.8) is 0 Å². The maximum atomic E-state index is 12.7. The largest absolute Gasteiger partial charge is 0.430 e. The Morgan fingerprint density at radius 3 is 1.55 bits per heavy atom. The number of alkyl halides is 6. The van der Waals surface area contributed by atoms with Crippen LogP contribution in [0.5, 0.6) is 0 Å². The second kappa shape index (κ2) is 5.39. The second-order valence-electron chi connectivity index (χ2n) is 4.52. The smallest absolute Gasteiger partial charge is 0.369 e. The Balaban J connectivity index is 3.45. The Hall–Kier alpha value is -1.33. The standard InChI is InChI=1S/C11H11F6NO3S/c1-18(2)22(20,21)8-5-3-7(4-6-8)9(19,10(12,13)14)11(15,16)17/h3-6,19H,1-2H3. The fraction of sp³-hybridized carbons (Fsp3) is 0.455. The topological polar surface area (TPSA) is 57.6 Å². The molecule has 0 bridgehead atoms. The van der Waals surface area contributed by atoms with E-state index >= 15 is 0 Å². The normalized spacial score (nSPS) is 14.5. The zero-order chi connectivity index (χ0) is 17.6. The van der Waals surface area contributed by atoms with Crippen molar-refractivity contribution in [3.8, 4) is 0 Å². The summed E-state index contributed by atoms with van der Waals surface area (Å²) in [5, 5.41) is 9.15. The predicted octanol–water partition coefficient (Wildman–Crippen LogP) is 2.25. The van der Waals surface area contributed by atoms with Gasteiger partial charge in [-0.15, -0.1) is 0 Å². The number of benzene rings is 1. The predicted molar refractivity (Wildman–Crippen MR) is 63.3 cm³/mol. The highest BCUT2D eigenvalue weighted by Gasteiger charge is 2.71. The molecule has 0 aliphatic heterocycles. The minimum atomic E-state index is -6.02. The van der Waals surface area contributed by atoms with Gasteiger partial charge in [-0.05, 0) is 12.1 Å². The van der Waals surface area contributed by atoms with Crippen LogP contribution in [0.25, 0.3) is 0 Å². The van der Waals surface area contributed by atoms with Gasteiger partial charge in [0.25, 0.3) is 5.60 Å². The molecule has 0 atom stereocenters. The minimum Gasteiger partial charge on any atom is -0.369 e. The van der Waals surface area contributed by atoms with Crippen molar-refractivity contribution in [1.82, 2.24) is 4.31 Å². The molecule has 0 aliphatic rings. The van der Waals surface area contributed by atoms with Gasteiger partial charge in [0.05, 0.1) is 4.90 Å². The number of hydrogen-bond acceptors (Lipinski definition) is 3. The van der Waals surface area contributed by atoms with E-state index in [0.717, 1.165) is 18.4 Å². The van der Waals surface area contributed by atoms with Gasteiger partial charge in [0, 0.05) is 19.7 Å². The van der Waals surface area contributed by atoms with Crippen LogP contribution in [0.3, 0.4) is 0 Å². The lowest BCUT2D eigenvalue weighted by Crippen LogP contribution is -2.53. The monoisotopic (exact) mass is 351 g/mol. The van der Waals surface area contributed by atoms with Crippen LogP contribution < -0.4 is 0 Å². The molecule has 126 valence electrons. The molecular weight excluding hydrogens is 340 g/mol. The fourth-order valence-electron chi connectivity index (χ4n) is 1.57. The number of aliphatic hydroxyl groups is 1. The molecule has 1 rings (SSSR count). The summed E-state index contributed by atoms with van der Waals surface area (Å²) in [4.78, 5) is -0.507. The van der Waals surface area contributed by atoms with Gasteiger partial charge in [-0.25, -0.2) is 12.7 Å². The van der Waals surface area contributed by atoms with Crippen molar-refractivity contribution in [2.75, 3.05) is 14.1 Å². The first-order valence-corrected chi connectivity index (χ1v) is 6.98. The molecule has 0 unspecified atom stereocenters. The summed E-state index contributed by atoms with van der Waals surface area (Å²) in [6.45, 7) is 0. The fourth-order valence-corrected chi connectivity index (χ4v) is 2.47. The molecule has 0 fully saturated rings. The molecule has 1 aromatic rings. The van der Waals surface area contributed by atoms with Crippen LogP contribution in [-0.4, -0.2) is 44.3 Å². The highest BCUT2D eigenvalue weighted by molar-refractivity contribution is 7.89. The van der Waals surface area contributed by atoms with E-state index < -0.39 is 38.4 Å². The van der Waals surface area contributed by atoms with Crippen molar-refractivity contribution < 1.29 is 39.9 Å². The molecule has 0 radical (unpaired) electrons. The first-order chi connectivity index (χ1) is 9.65. The third-order valence-corrected chi connectivity index (χ3v) is 4.70. The molecule has 0 heterocycles. The summed E-state index contributed by atoms with van der Waals surface area (Å²) in [6.07, 6.45) is -12.0. The average molecular weight is 351 g/mol. The van der Waals surface area contributed by atoms with E-state index in [1.165, 1.54) is 0 Å². The lowest BCUT2D eigenvalue weighted by molar-refractivity contribution is -0.376. The third-order valence-electron chi connectivity index (χ3n) is 2.87. The Morgan fingerprint density at radius 2 is 1.27 bits per heavy atom. The molecule has 1 aromatic carbocycles. The molecule has 0 aliphatic carbocycles. The van der Waals surface area contributed by atoms with Gasteiger partial charge in [-0.2, -0.15) is 26.3 Å². The summed E-state index contributed by atoms with van der Waals surface area (Å²) < 4.78 is 100. The zero-order valence-electron chi connectivity index (χ0n) is 11.2. The number of hydrogen-bond donors (Lipinski definition) is 1. The average Bonchev–Trinajstić information content (AvgIpc) is 2.35. The van der Waals surface area contributed by atoms with Crippen LogP contribution in [0.15, 0.2) is 29.2 Å². The molecule has 0 spiro atoms. The zero-order valence-corrected chi connectivity index (χ0v) is 12.0. The molecule has 22 heavy (non-hydrogen) atoms. The first kappa shape index (κ1) is 18.7. The van der Waals surface area contributed by atoms with Gasteiger partial charge in [0.2, 0.25) is 10.0 Å². The Morgan fingerprint density at radius 1 is 0.909 bits per heavy atom. The van der Waals surface area contributed by atoms with Gasteiger partial charge in [0.15, 0.2) is 0 Å². The molecule has 4 nitrogen and oxygen atoms in total. The Kier molecular flexibility index (Phi) is 4.58. The van der Waals surface area contributed by atoms with Crippen LogP contribution >= 0.6 is 0 Å². The van der Waals surface area contributed by atoms with Crippen LogP contribution in [0.2, 0.25) is 0 Å². The third kappa shape index (κ3) is 2.92. The highest BCUT2D eigenvalue weighted by atomic mass is 32.2. The van der Waals surface area contributed by atoms with Gasteiger partial charge in [0.1, 0.15) is 0 Å². The van der Waals surface area contributed by atoms with Crippen LogP contribution in [0, 0.1) is 0 Å². The van der Waals surface area contributed by atoms with Crippen LogP contribution in [-0.2, 0) is 15.6 Å². The van der Waals surface area contributed by atoms with E-state index in [1.54, 1.807) is 0 Å². The molecule has 0 aromatic heterocycles. The van der Waals surface area contributed by atoms with Gasteiger partial charge < -0.3 is 5.11 Å². The van der Waals surface area contributed by atoms with Crippen molar-refractivity contribution in [2.45, 2.75) is 22.8 Å². The Bertz CT molecular complexity index is 619. The summed E-state index contributed by atoms with van der Waals surface area (Å²) in [6, 6.07) is 1.68. The van der Waals surface area contributed by atoms with Gasteiger partial charge in [-0.3, -0.25) is 0 Å². The van der Waals surface area contributed by atoms with E-state index in [-0.39, 0.29) is 12.1 Å². The molecule has 0 saturated heterocycles. The molecule has 11 heteroatoms. The van der Waals surface area contributed by atoms with Gasteiger partial charge >= 0.3 is 12.4 Å². The van der Waals surface area contributed by atoms with Gasteiger partial charge in [-0.1, -0.05) is 12.1 Å². The number of halogens is 6. The number of nitrogens with zero attached hydrogens (tertiary/aromatic N) is 1. The van der Waals surface area contributed by atoms with E-state index in [4.69, 9.17) is 5.11 Å². The highest BCUT2D eigenvalue weighted by Crippen LogP contribution is 2.50. The quantitative estimate of drug-likeness (QED) is 0.850. The first-order valence-electron chi connectivity index (χ1n) is 5.54. The molecule has 1 N–H and O–H groups in total. The second-order valence-corrected chi connectivity index (χ2v) is 6.67. The molecule has 0 saturated carbocycles. The maximum absolute atomic E-state index is 12.7. The maximum Gasteiger partial charge on any atom is 0.430 e. The molecular formula is C11H11F6NO3S. The lowest BCUT2D eigenvalue weighted by Gasteiger charge is -2.32. The summed E-state index contributed by atoms with van der Waals surface area (Å²) in [5.41, 5.74) is -6.61. The lowest BCUT2D eigenvalue weighted by atomic mass is 9.92. The van der Waals surface area contributed by atoms with Crippen molar-refractivity contribution >= 4 is 10.0 Å². The summed E-state index contributed by atoms with van der Waals surface area (Å²) in [5.74, 6) is 0. The minimum absolute atomic E-state index is 0.275. The van der Waals surface area contributed by atoms with E-state index in [1.807, 2.05) is 0 Å². The van der Waals surface area contributed by atoms with Crippen LogP contribution in [0.4, 0.5) is 26.3 Å². The van der Waals surface area contributed by atoms with Crippen molar-refractivity contribution in [3.05, 3.63) is 29.8 Å².